The highest BCUT2D eigenvalue weighted by Crippen LogP contribution is 2.30. The molecule has 21 heavy (non-hydrogen) atoms. The van der Waals surface area contributed by atoms with Crippen molar-refractivity contribution in [2.45, 2.75) is 0 Å². The van der Waals surface area contributed by atoms with Gasteiger partial charge in [-0.15, -0.1) is 0 Å². The molecule has 0 aliphatic rings. The first kappa shape index (κ1) is 12.6. The predicted molar refractivity (Wildman–Crippen MR) is 84.8 cm³/mol. The molecule has 0 saturated carbocycles. The van der Waals surface area contributed by atoms with Gasteiger partial charge >= 0.3 is 0 Å². The summed E-state index contributed by atoms with van der Waals surface area (Å²) < 4.78 is 5.78. The molecule has 5 heteroatoms. The molecule has 0 fully saturated rings. The largest absolute Gasteiger partial charge is 0.436 e. The second-order valence-electron chi connectivity index (χ2n) is 4.65. The SMILES string of the molecule is Clc1cc2nc3cc(-c4ccccc4)oc3nc2cc1Cl. The standard InChI is InChI=1S/C16H8Cl2N2O/c17-10-6-12-13(7-11(10)18)20-16-14(19-12)8-15(21-16)9-4-2-1-3-5-9/h1-8H. The normalized spacial score (nSPS) is 11.3. The summed E-state index contributed by atoms with van der Waals surface area (Å²) >= 11 is 12.0. The van der Waals surface area contributed by atoms with E-state index in [1.807, 2.05) is 36.4 Å². The van der Waals surface area contributed by atoms with Crippen molar-refractivity contribution in [3.05, 3.63) is 58.6 Å². The maximum absolute atomic E-state index is 6.02. The maximum Gasteiger partial charge on any atom is 0.246 e. The molecule has 4 aromatic rings. The van der Waals surface area contributed by atoms with Gasteiger partial charge in [0.2, 0.25) is 5.71 Å². The number of halogens is 2. The summed E-state index contributed by atoms with van der Waals surface area (Å²) in [6.07, 6.45) is 0. The highest BCUT2D eigenvalue weighted by Gasteiger charge is 2.11. The molecule has 2 heterocycles. The minimum Gasteiger partial charge on any atom is -0.436 e. The third kappa shape index (κ3) is 2.15. The summed E-state index contributed by atoms with van der Waals surface area (Å²) in [5.74, 6) is 0.734. The van der Waals surface area contributed by atoms with Gasteiger partial charge in [0.15, 0.2) is 0 Å². The highest BCUT2D eigenvalue weighted by molar-refractivity contribution is 6.42. The number of rotatable bonds is 1. The van der Waals surface area contributed by atoms with Crippen LogP contribution >= 0.6 is 23.2 Å². The lowest BCUT2D eigenvalue weighted by atomic mass is 10.2. The van der Waals surface area contributed by atoms with Crippen molar-refractivity contribution < 1.29 is 4.42 Å². The van der Waals surface area contributed by atoms with Crippen LogP contribution in [0.2, 0.25) is 10.0 Å². The summed E-state index contributed by atoms with van der Waals surface area (Å²) in [5, 5.41) is 0.914. The van der Waals surface area contributed by atoms with Crippen molar-refractivity contribution in [2.24, 2.45) is 0 Å². The summed E-state index contributed by atoms with van der Waals surface area (Å²) in [6.45, 7) is 0. The maximum atomic E-state index is 6.02. The van der Waals surface area contributed by atoms with Gasteiger partial charge in [0.1, 0.15) is 11.3 Å². The van der Waals surface area contributed by atoms with Crippen LogP contribution in [-0.2, 0) is 0 Å². The zero-order chi connectivity index (χ0) is 14.4. The number of fused-ring (bicyclic) bond motifs is 2. The smallest absolute Gasteiger partial charge is 0.246 e. The molecule has 0 radical (unpaired) electrons. The number of hydrogen-bond acceptors (Lipinski definition) is 3. The van der Waals surface area contributed by atoms with E-state index in [0.717, 1.165) is 11.3 Å². The number of hydrogen-bond donors (Lipinski definition) is 0. The average Bonchev–Trinajstić information content (AvgIpc) is 2.90. The number of furan rings is 1. The van der Waals surface area contributed by atoms with E-state index in [1.54, 1.807) is 12.1 Å². The van der Waals surface area contributed by atoms with Gasteiger partial charge < -0.3 is 4.42 Å². The fourth-order valence-electron chi connectivity index (χ4n) is 2.22. The minimum atomic E-state index is 0.452. The van der Waals surface area contributed by atoms with E-state index in [0.29, 0.717) is 32.3 Å². The molecule has 0 aliphatic heterocycles. The second kappa shape index (κ2) is 4.72. The van der Waals surface area contributed by atoms with Crippen LogP contribution in [0, 0.1) is 0 Å². The Balaban J connectivity index is 1.97. The zero-order valence-electron chi connectivity index (χ0n) is 10.7. The van der Waals surface area contributed by atoms with Crippen LogP contribution in [0.1, 0.15) is 0 Å². The van der Waals surface area contributed by atoms with Gasteiger partial charge in [0.05, 0.1) is 21.1 Å². The van der Waals surface area contributed by atoms with Gasteiger partial charge in [0.25, 0.3) is 0 Å². The fraction of sp³-hybridized carbons (Fsp3) is 0. The number of benzene rings is 2. The lowest BCUT2D eigenvalue weighted by Gasteiger charge is -1.99. The second-order valence-corrected chi connectivity index (χ2v) is 5.46. The molecule has 4 rings (SSSR count). The Bertz CT molecular complexity index is 906. The summed E-state index contributed by atoms with van der Waals surface area (Å²) in [4.78, 5) is 8.98. The number of nitrogens with zero attached hydrogens (tertiary/aromatic N) is 2. The topological polar surface area (TPSA) is 38.9 Å². The Labute approximate surface area is 130 Å². The Hall–Kier alpha value is -2.10. The van der Waals surface area contributed by atoms with Crippen molar-refractivity contribution in [3.8, 4) is 11.3 Å². The van der Waals surface area contributed by atoms with Crippen LogP contribution in [0.5, 0.6) is 0 Å². The molecule has 2 aromatic heterocycles. The molecule has 0 N–H and O–H groups in total. The fourth-order valence-corrected chi connectivity index (χ4v) is 2.54. The molecule has 0 spiro atoms. The monoisotopic (exact) mass is 314 g/mol. The van der Waals surface area contributed by atoms with Crippen LogP contribution in [0.15, 0.2) is 52.9 Å². The van der Waals surface area contributed by atoms with Gasteiger partial charge in [-0.25, -0.2) is 9.97 Å². The van der Waals surface area contributed by atoms with E-state index in [9.17, 15) is 0 Å². The molecule has 0 bridgehead atoms. The van der Waals surface area contributed by atoms with Gasteiger partial charge in [-0.1, -0.05) is 53.5 Å². The quantitative estimate of drug-likeness (QED) is 0.475. The van der Waals surface area contributed by atoms with E-state index in [4.69, 9.17) is 27.6 Å². The third-order valence-electron chi connectivity index (χ3n) is 3.23. The van der Waals surface area contributed by atoms with Crippen LogP contribution < -0.4 is 0 Å². The molecule has 0 amide bonds. The average molecular weight is 315 g/mol. The minimum absolute atomic E-state index is 0.452. The molecule has 0 aliphatic carbocycles. The summed E-state index contributed by atoms with van der Waals surface area (Å²) in [7, 11) is 0. The van der Waals surface area contributed by atoms with Crippen molar-refractivity contribution in [1.82, 2.24) is 9.97 Å². The summed E-state index contributed by atoms with van der Waals surface area (Å²) in [5.41, 5.74) is 3.51. The third-order valence-corrected chi connectivity index (χ3v) is 3.95. The van der Waals surface area contributed by atoms with Crippen LogP contribution in [0.4, 0.5) is 0 Å². The van der Waals surface area contributed by atoms with Crippen LogP contribution in [-0.4, -0.2) is 9.97 Å². The first-order chi connectivity index (χ1) is 10.2. The van der Waals surface area contributed by atoms with Crippen molar-refractivity contribution in [3.63, 3.8) is 0 Å². The predicted octanol–water partition coefficient (Wildman–Crippen LogP) is 5.35. The first-order valence-electron chi connectivity index (χ1n) is 6.32. The van der Waals surface area contributed by atoms with E-state index in [2.05, 4.69) is 9.97 Å². The molecule has 102 valence electrons. The molecule has 0 atom stereocenters. The van der Waals surface area contributed by atoms with Crippen LogP contribution in [0.3, 0.4) is 0 Å². The van der Waals surface area contributed by atoms with Crippen LogP contribution in [0.25, 0.3) is 33.6 Å². The molecule has 2 aromatic carbocycles. The van der Waals surface area contributed by atoms with Crippen molar-refractivity contribution in [1.29, 1.82) is 0 Å². The van der Waals surface area contributed by atoms with E-state index >= 15 is 0 Å². The number of aromatic nitrogens is 2. The lowest BCUT2D eigenvalue weighted by molar-refractivity contribution is 0.619. The highest BCUT2D eigenvalue weighted by atomic mass is 35.5. The van der Waals surface area contributed by atoms with Gasteiger partial charge in [-0.05, 0) is 12.1 Å². The van der Waals surface area contributed by atoms with Gasteiger partial charge in [-0.3, -0.25) is 0 Å². The Kier molecular flexibility index (Phi) is 2.84. The Morgan fingerprint density at radius 3 is 2.14 bits per heavy atom. The van der Waals surface area contributed by atoms with Crippen molar-refractivity contribution in [2.75, 3.05) is 0 Å². The molecular weight excluding hydrogens is 307 g/mol. The van der Waals surface area contributed by atoms with E-state index < -0.39 is 0 Å². The van der Waals surface area contributed by atoms with E-state index in [-0.39, 0.29) is 0 Å². The zero-order valence-corrected chi connectivity index (χ0v) is 12.2. The Morgan fingerprint density at radius 2 is 1.43 bits per heavy atom. The molecule has 3 nitrogen and oxygen atoms in total. The van der Waals surface area contributed by atoms with Gasteiger partial charge in [0, 0.05) is 11.6 Å². The van der Waals surface area contributed by atoms with Gasteiger partial charge in [-0.2, -0.15) is 0 Å². The molecule has 0 saturated heterocycles. The Morgan fingerprint density at radius 1 is 0.762 bits per heavy atom. The summed E-state index contributed by atoms with van der Waals surface area (Å²) in [6, 6.07) is 15.1. The van der Waals surface area contributed by atoms with E-state index in [1.165, 1.54) is 0 Å². The first-order valence-corrected chi connectivity index (χ1v) is 7.08. The molecular formula is C16H8Cl2N2O. The van der Waals surface area contributed by atoms with Crippen molar-refractivity contribution >= 4 is 45.5 Å². The lowest BCUT2D eigenvalue weighted by Crippen LogP contribution is -1.84. The molecule has 0 unspecified atom stereocenters.